The lowest BCUT2D eigenvalue weighted by atomic mass is 10.2. The van der Waals surface area contributed by atoms with Crippen LogP contribution in [0.3, 0.4) is 0 Å². The van der Waals surface area contributed by atoms with Crippen LogP contribution in [0.4, 0.5) is 11.4 Å². The van der Waals surface area contributed by atoms with Crippen LogP contribution < -0.4 is 10.6 Å². The summed E-state index contributed by atoms with van der Waals surface area (Å²) >= 11 is 0. The molecule has 0 fully saturated rings. The van der Waals surface area contributed by atoms with E-state index < -0.39 is 0 Å². The molecule has 2 rings (SSSR count). The van der Waals surface area contributed by atoms with Gasteiger partial charge in [-0.05, 0) is 49.7 Å². The minimum Gasteiger partial charge on any atom is -0.462 e. The number of nitrogens with one attached hydrogen (secondary N) is 2. The van der Waals surface area contributed by atoms with Crippen molar-refractivity contribution in [1.29, 1.82) is 0 Å². The Kier molecular flexibility index (Phi) is 7.61. The number of carbonyl (C=O) groups excluding carboxylic acids is 2. The maximum atomic E-state index is 12.4. The first-order valence-corrected chi connectivity index (χ1v) is 8.92. The van der Waals surface area contributed by atoms with Gasteiger partial charge in [0.2, 0.25) is 0 Å². The summed E-state index contributed by atoms with van der Waals surface area (Å²) in [5, 5.41) is 6.08. The summed E-state index contributed by atoms with van der Waals surface area (Å²) in [5.41, 5.74) is 2.24. The highest BCUT2D eigenvalue weighted by Gasteiger charge is 2.10. The topological polar surface area (TPSA) is 80.3 Å². The van der Waals surface area contributed by atoms with Gasteiger partial charge in [0.25, 0.3) is 5.91 Å². The largest absolute Gasteiger partial charge is 0.462 e. The van der Waals surface area contributed by atoms with Crippen molar-refractivity contribution >= 4 is 23.3 Å². The zero-order chi connectivity index (χ0) is 18.8. The van der Waals surface area contributed by atoms with Crippen molar-refractivity contribution in [2.24, 2.45) is 0 Å². The van der Waals surface area contributed by atoms with Crippen LogP contribution in [0.5, 0.6) is 0 Å². The van der Waals surface area contributed by atoms with E-state index in [0.29, 0.717) is 23.6 Å². The SMILES string of the molecule is CCCCCNc1ccnc(C(=O)Nc2ccc(C(=O)OCC)cc2)c1. The third-order valence-corrected chi connectivity index (χ3v) is 3.76. The summed E-state index contributed by atoms with van der Waals surface area (Å²) in [4.78, 5) is 28.1. The van der Waals surface area contributed by atoms with Gasteiger partial charge in [0, 0.05) is 24.1 Å². The molecule has 0 bridgehead atoms. The monoisotopic (exact) mass is 355 g/mol. The zero-order valence-electron chi connectivity index (χ0n) is 15.2. The second-order valence-corrected chi connectivity index (χ2v) is 5.82. The molecule has 6 heteroatoms. The van der Waals surface area contributed by atoms with Crippen LogP contribution in [0.15, 0.2) is 42.6 Å². The summed E-state index contributed by atoms with van der Waals surface area (Å²) in [7, 11) is 0. The molecule has 0 unspecified atom stereocenters. The molecule has 2 aromatic rings. The highest BCUT2D eigenvalue weighted by atomic mass is 16.5. The minimum absolute atomic E-state index is 0.300. The Morgan fingerprint density at radius 3 is 2.50 bits per heavy atom. The molecule has 138 valence electrons. The molecule has 0 spiro atoms. The van der Waals surface area contributed by atoms with Gasteiger partial charge in [-0.2, -0.15) is 0 Å². The van der Waals surface area contributed by atoms with E-state index >= 15 is 0 Å². The number of hydrogen-bond donors (Lipinski definition) is 2. The number of ether oxygens (including phenoxy) is 1. The second-order valence-electron chi connectivity index (χ2n) is 5.82. The number of esters is 1. The van der Waals surface area contributed by atoms with Gasteiger partial charge in [0.1, 0.15) is 5.69 Å². The predicted molar refractivity (Wildman–Crippen MR) is 103 cm³/mol. The molecule has 2 N–H and O–H groups in total. The molecule has 0 aliphatic rings. The number of aromatic nitrogens is 1. The fourth-order valence-electron chi connectivity index (χ4n) is 2.37. The van der Waals surface area contributed by atoms with Crippen LogP contribution in [0.2, 0.25) is 0 Å². The first-order valence-electron chi connectivity index (χ1n) is 8.92. The Bertz CT molecular complexity index is 729. The number of anilines is 2. The van der Waals surface area contributed by atoms with Crippen LogP contribution in [0.25, 0.3) is 0 Å². The maximum Gasteiger partial charge on any atom is 0.338 e. The molecule has 1 aromatic heterocycles. The molecule has 1 heterocycles. The first-order chi connectivity index (χ1) is 12.6. The summed E-state index contributed by atoms with van der Waals surface area (Å²) < 4.78 is 4.94. The van der Waals surface area contributed by atoms with Crippen molar-refractivity contribution in [2.45, 2.75) is 33.1 Å². The van der Waals surface area contributed by atoms with E-state index in [9.17, 15) is 9.59 Å². The van der Waals surface area contributed by atoms with Crippen LogP contribution in [0.1, 0.15) is 54.0 Å². The number of carbonyl (C=O) groups is 2. The molecular formula is C20H25N3O3. The average molecular weight is 355 g/mol. The van der Waals surface area contributed by atoms with Gasteiger partial charge in [0.05, 0.1) is 12.2 Å². The lowest BCUT2D eigenvalue weighted by Crippen LogP contribution is -2.14. The fourth-order valence-corrected chi connectivity index (χ4v) is 2.37. The van der Waals surface area contributed by atoms with Gasteiger partial charge < -0.3 is 15.4 Å². The molecule has 26 heavy (non-hydrogen) atoms. The lowest BCUT2D eigenvalue weighted by molar-refractivity contribution is 0.0526. The highest BCUT2D eigenvalue weighted by molar-refractivity contribution is 6.03. The Morgan fingerprint density at radius 1 is 1.04 bits per heavy atom. The van der Waals surface area contributed by atoms with Crippen LogP contribution in [0, 0.1) is 0 Å². The molecule has 0 radical (unpaired) electrons. The number of hydrogen-bond acceptors (Lipinski definition) is 5. The van der Waals surface area contributed by atoms with Crippen molar-refractivity contribution < 1.29 is 14.3 Å². The molecule has 1 aromatic carbocycles. The normalized spacial score (nSPS) is 10.2. The molecule has 0 atom stereocenters. The van der Waals surface area contributed by atoms with Gasteiger partial charge >= 0.3 is 5.97 Å². The first kappa shape index (κ1) is 19.4. The van der Waals surface area contributed by atoms with E-state index in [1.165, 1.54) is 12.8 Å². The van der Waals surface area contributed by atoms with Gasteiger partial charge in [-0.1, -0.05) is 19.8 Å². The van der Waals surface area contributed by atoms with E-state index in [2.05, 4.69) is 22.5 Å². The summed E-state index contributed by atoms with van der Waals surface area (Å²) in [5.74, 6) is -0.681. The Labute approximate surface area is 154 Å². The van der Waals surface area contributed by atoms with E-state index in [-0.39, 0.29) is 11.9 Å². The molecule has 1 amide bonds. The van der Waals surface area contributed by atoms with Crippen molar-refractivity contribution in [2.75, 3.05) is 23.8 Å². The maximum absolute atomic E-state index is 12.4. The number of nitrogens with zero attached hydrogens (tertiary/aromatic N) is 1. The lowest BCUT2D eigenvalue weighted by Gasteiger charge is -2.09. The highest BCUT2D eigenvalue weighted by Crippen LogP contribution is 2.14. The van der Waals surface area contributed by atoms with Gasteiger partial charge in [0.15, 0.2) is 0 Å². The molecule has 6 nitrogen and oxygen atoms in total. The number of benzene rings is 1. The third-order valence-electron chi connectivity index (χ3n) is 3.76. The number of unbranched alkanes of at least 4 members (excludes halogenated alkanes) is 2. The van der Waals surface area contributed by atoms with E-state index in [0.717, 1.165) is 18.7 Å². The number of pyridine rings is 1. The van der Waals surface area contributed by atoms with Gasteiger partial charge in [-0.3, -0.25) is 9.78 Å². The standard InChI is InChI=1S/C20H25N3O3/c1-3-5-6-12-21-17-11-13-22-18(14-17)19(24)23-16-9-7-15(8-10-16)20(25)26-4-2/h7-11,13-14H,3-6,12H2,1-2H3,(H,21,22)(H,23,24). The van der Waals surface area contributed by atoms with Gasteiger partial charge in [-0.15, -0.1) is 0 Å². The van der Waals surface area contributed by atoms with Gasteiger partial charge in [-0.25, -0.2) is 4.79 Å². The molecular weight excluding hydrogens is 330 g/mol. The minimum atomic E-state index is -0.381. The Morgan fingerprint density at radius 2 is 1.81 bits per heavy atom. The van der Waals surface area contributed by atoms with Crippen molar-refractivity contribution in [3.8, 4) is 0 Å². The molecule has 0 aliphatic heterocycles. The quantitative estimate of drug-likeness (QED) is 0.522. The average Bonchev–Trinajstić information content (AvgIpc) is 2.66. The van der Waals surface area contributed by atoms with Crippen molar-refractivity contribution in [1.82, 2.24) is 4.98 Å². The van der Waals surface area contributed by atoms with E-state index in [1.54, 1.807) is 43.5 Å². The Balaban J connectivity index is 1.95. The molecule has 0 saturated carbocycles. The van der Waals surface area contributed by atoms with Crippen molar-refractivity contribution in [3.63, 3.8) is 0 Å². The van der Waals surface area contributed by atoms with Crippen LogP contribution in [-0.2, 0) is 4.74 Å². The summed E-state index contributed by atoms with van der Waals surface area (Å²) in [6.45, 7) is 5.11. The Hall–Kier alpha value is -2.89. The third kappa shape index (κ3) is 5.88. The van der Waals surface area contributed by atoms with Crippen molar-refractivity contribution in [3.05, 3.63) is 53.9 Å². The van der Waals surface area contributed by atoms with E-state index in [4.69, 9.17) is 4.74 Å². The van der Waals surface area contributed by atoms with Crippen LogP contribution in [-0.4, -0.2) is 30.0 Å². The number of amides is 1. The van der Waals surface area contributed by atoms with E-state index in [1.807, 2.05) is 6.07 Å². The molecule has 0 saturated heterocycles. The smallest absolute Gasteiger partial charge is 0.338 e. The zero-order valence-corrected chi connectivity index (χ0v) is 15.2. The number of rotatable bonds is 9. The second kappa shape index (κ2) is 10.2. The summed E-state index contributed by atoms with van der Waals surface area (Å²) in [6, 6.07) is 10.1. The fraction of sp³-hybridized carbons (Fsp3) is 0.350. The summed E-state index contributed by atoms with van der Waals surface area (Å²) in [6.07, 6.45) is 5.04. The molecule has 0 aliphatic carbocycles. The van der Waals surface area contributed by atoms with Crippen LogP contribution >= 0.6 is 0 Å². The predicted octanol–water partition coefficient (Wildman–Crippen LogP) is 4.11.